The van der Waals surface area contributed by atoms with E-state index in [0.717, 1.165) is 19.3 Å². The van der Waals surface area contributed by atoms with Crippen molar-refractivity contribution in [3.63, 3.8) is 0 Å². The molecule has 0 aromatic rings. The minimum atomic E-state index is -1.09. The van der Waals surface area contributed by atoms with E-state index in [1.807, 2.05) is 0 Å². The molecule has 0 aromatic carbocycles. The number of aliphatic carboxylic acids is 1. The van der Waals surface area contributed by atoms with E-state index < -0.39 is 18.4 Å². The van der Waals surface area contributed by atoms with Gasteiger partial charge in [0.2, 0.25) is 11.8 Å². The molecule has 2 amide bonds. The molecule has 3 N–H and O–H groups in total. The predicted octanol–water partition coefficient (Wildman–Crippen LogP) is 0.974. The lowest BCUT2D eigenvalue weighted by Gasteiger charge is -2.12. The number of carboxylic acids is 1. The zero-order valence-electron chi connectivity index (χ0n) is 11.6. The van der Waals surface area contributed by atoms with Gasteiger partial charge in [0.1, 0.15) is 6.54 Å². The molecule has 0 unspecified atom stereocenters. The zero-order valence-corrected chi connectivity index (χ0v) is 11.6. The van der Waals surface area contributed by atoms with Gasteiger partial charge in [0, 0.05) is 19.4 Å². The maximum absolute atomic E-state index is 11.5. The van der Waals surface area contributed by atoms with Gasteiger partial charge in [-0.15, -0.1) is 0 Å². The number of carbonyl (C=O) groups is 3. The molecular weight excluding hydrogens is 260 g/mol. The van der Waals surface area contributed by atoms with Crippen LogP contribution in [0.2, 0.25) is 0 Å². The monoisotopic (exact) mass is 282 g/mol. The van der Waals surface area contributed by atoms with E-state index in [2.05, 4.69) is 16.7 Å². The molecule has 6 heteroatoms. The summed E-state index contributed by atoms with van der Waals surface area (Å²) in [6, 6.07) is 0. The first-order valence-corrected chi connectivity index (χ1v) is 7.01. The molecule has 0 aliphatic heterocycles. The third-order valence-electron chi connectivity index (χ3n) is 3.17. The molecule has 0 heterocycles. The molecule has 0 spiro atoms. The van der Waals surface area contributed by atoms with Gasteiger partial charge in [-0.1, -0.05) is 11.6 Å². The van der Waals surface area contributed by atoms with E-state index >= 15 is 0 Å². The third kappa shape index (κ3) is 7.56. The molecule has 6 nitrogen and oxygen atoms in total. The number of carbonyl (C=O) groups excluding carboxylic acids is 2. The minimum Gasteiger partial charge on any atom is -0.480 e. The van der Waals surface area contributed by atoms with Gasteiger partial charge >= 0.3 is 5.97 Å². The first-order chi connectivity index (χ1) is 9.58. The fourth-order valence-electron chi connectivity index (χ4n) is 2.07. The van der Waals surface area contributed by atoms with E-state index in [1.165, 1.54) is 18.4 Å². The van der Waals surface area contributed by atoms with Crippen LogP contribution in [0.15, 0.2) is 11.6 Å². The Hall–Kier alpha value is -1.85. The normalized spacial score (nSPS) is 14.3. The van der Waals surface area contributed by atoms with Gasteiger partial charge in [0.05, 0.1) is 0 Å². The Kier molecular flexibility index (Phi) is 7.39. The smallest absolute Gasteiger partial charge is 0.322 e. The summed E-state index contributed by atoms with van der Waals surface area (Å²) in [5, 5.41) is 13.4. The van der Waals surface area contributed by atoms with Crippen LogP contribution in [0.25, 0.3) is 0 Å². The van der Waals surface area contributed by atoms with Crippen molar-refractivity contribution in [3.8, 4) is 0 Å². The van der Waals surface area contributed by atoms with Crippen molar-refractivity contribution in [2.75, 3.05) is 13.1 Å². The summed E-state index contributed by atoms with van der Waals surface area (Å²) >= 11 is 0. The Balaban J connectivity index is 2.06. The quantitative estimate of drug-likeness (QED) is 0.578. The number of rotatable bonds is 8. The molecular formula is C14H22N2O4. The van der Waals surface area contributed by atoms with Crippen LogP contribution in [0, 0.1) is 0 Å². The summed E-state index contributed by atoms with van der Waals surface area (Å²) in [6.45, 7) is 0.190. The average Bonchev–Trinajstić information content (AvgIpc) is 2.44. The Morgan fingerprint density at radius 1 is 1.10 bits per heavy atom. The second kappa shape index (κ2) is 9.12. The van der Waals surface area contributed by atoms with Crippen LogP contribution in [-0.4, -0.2) is 36.0 Å². The largest absolute Gasteiger partial charge is 0.480 e. The molecule has 0 saturated carbocycles. The van der Waals surface area contributed by atoms with Crippen molar-refractivity contribution < 1.29 is 19.5 Å². The Labute approximate surface area is 118 Å². The van der Waals surface area contributed by atoms with Crippen molar-refractivity contribution in [1.82, 2.24) is 10.6 Å². The van der Waals surface area contributed by atoms with E-state index in [9.17, 15) is 14.4 Å². The molecule has 1 aliphatic carbocycles. The maximum atomic E-state index is 11.5. The van der Waals surface area contributed by atoms with Crippen LogP contribution in [0.4, 0.5) is 0 Å². The van der Waals surface area contributed by atoms with Gasteiger partial charge in [-0.25, -0.2) is 0 Å². The SMILES string of the molecule is O=C(O)CNC(=O)CCC(=O)NCCC1=CCCCC1. The van der Waals surface area contributed by atoms with Crippen LogP contribution in [0.5, 0.6) is 0 Å². The van der Waals surface area contributed by atoms with Gasteiger partial charge in [0.15, 0.2) is 0 Å². The van der Waals surface area contributed by atoms with Crippen LogP contribution < -0.4 is 10.6 Å². The Morgan fingerprint density at radius 2 is 1.80 bits per heavy atom. The van der Waals surface area contributed by atoms with Gasteiger partial charge in [-0.2, -0.15) is 0 Å². The van der Waals surface area contributed by atoms with Crippen LogP contribution in [0.3, 0.4) is 0 Å². The molecule has 1 aliphatic rings. The van der Waals surface area contributed by atoms with Gasteiger partial charge < -0.3 is 15.7 Å². The van der Waals surface area contributed by atoms with Gasteiger partial charge in [-0.05, 0) is 32.1 Å². The highest BCUT2D eigenvalue weighted by Gasteiger charge is 2.08. The van der Waals surface area contributed by atoms with Crippen molar-refractivity contribution >= 4 is 17.8 Å². The summed E-state index contributed by atoms with van der Waals surface area (Å²) < 4.78 is 0. The van der Waals surface area contributed by atoms with Crippen molar-refractivity contribution in [2.24, 2.45) is 0 Å². The number of allylic oxidation sites excluding steroid dienone is 1. The van der Waals surface area contributed by atoms with Gasteiger partial charge in [0.25, 0.3) is 0 Å². The third-order valence-corrected chi connectivity index (χ3v) is 3.17. The molecule has 1 rings (SSSR count). The van der Waals surface area contributed by atoms with Crippen LogP contribution >= 0.6 is 0 Å². The molecule has 0 atom stereocenters. The highest BCUT2D eigenvalue weighted by molar-refractivity contribution is 5.85. The van der Waals surface area contributed by atoms with Crippen molar-refractivity contribution in [3.05, 3.63) is 11.6 Å². The molecule has 0 bridgehead atoms. The number of carboxylic acid groups (broad SMARTS) is 1. The summed E-state index contributed by atoms with van der Waals surface area (Å²) in [5.41, 5.74) is 1.40. The summed E-state index contributed by atoms with van der Waals surface area (Å²) in [6.07, 6.45) is 7.95. The maximum Gasteiger partial charge on any atom is 0.322 e. The minimum absolute atomic E-state index is 0.0157. The summed E-state index contributed by atoms with van der Waals surface area (Å²) in [7, 11) is 0. The first kappa shape index (κ1) is 16.2. The number of nitrogens with one attached hydrogen (secondary N) is 2. The topological polar surface area (TPSA) is 95.5 Å². The van der Waals surface area contributed by atoms with E-state index in [-0.39, 0.29) is 18.7 Å². The van der Waals surface area contributed by atoms with Gasteiger partial charge in [-0.3, -0.25) is 14.4 Å². The van der Waals surface area contributed by atoms with E-state index in [4.69, 9.17) is 5.11 Å². The molecule has 112 valence electrons. The lowest BCUT2D eigenvalue weighted by Crippen LogP contribution is -2.31. The lowest BCUT2D eigenvalue weighted by molar-refractivity contribution is -0.138. The molecule has 0 aromatic heterocycles. The number of hydrogen-bond acceptors (Lipinski definition) is 3. The van der Waals surface area contributed by atoms with Crippen molar-refractivity contribution in [2.45, 2.75) is 44.9 Å². The highest BCUT2D eigenvalue weighted by atomic mass is 16.4. The molecule has 0 fully saturated rings. The molecule has 0 radical (unpaired) electrons. The standard InChI is InChI=1S/C14H22N2O4/c17-12(6-7-13(18)16-10-14(19)20)15-9-8-11-4-2-1-3-5-11/h4H,1-3,5-10H2,(H,15,17)(H,16,18)(H,19,20). The van der Waals surface area contributed by atoms with Crippen LogP contribution in [0.1, 0.15) is 44.9 Å². The number of amides is 2. The van der Waals surface area contributed by atoms with Crippen molar-refractivity contribution in [1.29, 1.82) is 0 Å². The zero-order chi connectivity index (χ0) is 14.8. The Bertz CT molecular complexity index is 391. The average molecular weight is 282 g/mol. The van der Waals surface area contributed by atoms with E-state index in [1.54, 1.807) is 0 Å². The first-order valence-electron chi connectivity index (χ1n) is 7.01. The fraction of sp³-hybridized carbons (Fsp3) is 0.643. The Morgan fingerprint density at radius 3 is 2.40 bits per heavy atom. The second-order valence-electron chi connectivity index (χ2n) is 4.88. The molecule has 20 heavy (non-hydrogen) atoms. The predicted molar refractivity (Wildman–Crippen MR) is 74.1 cm³/mol. The molecule has 0 saturated heterocycles. The fourth-order valence-corrected chi connectivity index (χ4v) is 2.07. The second-order valence-corrected chi connectivity index (χ2v) is 4.88. The van der Waals surface area contributed by atoms with E-state index in [0.29, 0.717) is 6.54 Å². The number of hydrogen-bond donors (Lipinski definition) is 3. The lowest BCUT2D eigenvalue weighted by atomic mass is 9.97. The summed E-state index contributed by atoms with van der Waals surface area (Å²) in [4.78, 5) is 32.9. The highest BCUT2D eigenvalue weighted by Crippen LogP contribution is 2.19. The summed E-state index contributed by atoms with van der Waals surface area (Å²) in [5.74, 6) is -1.69. The van der Waals surface area contributed by atoms with Crippen LogP contribution in [-0.2, 0) is 14.4 Å².